The van der Waals surface area contributed by atoms with Crippen LogP contribution < -0.4 is 10.5 Å². The lowest BCUT2D eigenvalue weighted by Gasteiger charge is -2.13. The number of aromatic nitrogens is 1. The van der Waals surface area contributed by atoms with E-state index in [9.17, 15) is 13.2 Å². The first-order valence-corrected chi connectivity index (χ1v) is 7.69. The van der Waals surface area contributed by atoms with Crippen LogP contribution in [0.1, 0.15) is 34.8 Å². The largest absolute Gasteiger partial charge is 0.361 e. The summed E-state index contributed by atoms with van der Waals surface area (Å²) in [5.74, 6) is 0.181. The Labute approximate surface area is 122 Å². The topological polar surface area (TPSA) is 115 Å². The fourth-order valence-electron chi connectivity index (χ4n) is 1.77. The van der Waals surface area contributed by atoms with Crippen molar-refractivity contribution in [1.29, 1.82) is 0 Å². The molecule has 112 valence electrons. The maximum atomic E-state index is 11.9. The van der Waals surface area contributed by atoms with E-state index in [4.69, 9.17) is 9.66 Å². The fraction of sp³-hybridized carbons (Fsp3) is 0.231. The maximum absolute atomic E-state index is 11.9. The van der Waals surface area contributed by atoms with Gasteiger partial charge in [-0.25, -0.2) is 13.6 Å². The number of primary sulfonamides is 1. The van der Waals surface area contributed by atoms with Crippen molar-refractivity contribution in [2.45, 2.75) is 24.8 Å². The van der Waals surface area contributed by atoms with Crippen LogP contribution in [0.4, 0.5) is 0 Å². The lowest BCUT2D eigenvalue weighted by atomic mass is 10.1. The average molecular weight is 309 g/mol. The first-order chi connectivity index (χ1) is 9.77. The number of amides is 1. The number of hydrogen-bond donors (Lipinski definition) is 2. The molecule has 1 aromatic heterocycles. The van der Waals surface area contributed by atoms with Gasteiger partial charge in [0, 0.05) is 6.07 Å². The molecule has 3 N–H and O–H groups in total. The monoisotopic (exact) mass is 309 g/mol. The third-order valence-electron chi connectivity index (χ3n) is 2.92. The van der Waals surface area contributed by atoms with Gasteiger partial charge in [0.05, 0.1) is 10.9 Å². The highest BCUT2D eigenvalue weighted by molar-refractivity contribution is 7.89. The van der Waals surface area contributed by atoms with E-state index in [1.165, 1.54) is 18.2 Å². The molecule has 7 nitrogen and oxygen atoms in total. The van der Waals surface area contributed by atoms with E-state index in [1.54, 1.807) is 26.0 Å². The van der Waals surface area contributed by atoms with Crippen molar-refractivity contribution in [2.24, 2.45) is 5.14 Å². The summed E-state index contributed by atoms with van der Waals surface area (Å²) in [7, 11) is -3.72. The molecule has 1 aromatic carbocycles. The van der Waals surface area contributed by atoms with Crippen molar-refractivity contribution in [2.75, 3.05) is 0 Å². The van der Waals surface area contributed by atoms with Crippen LogP contribution in [0, 0.1) is 6.92 Å². The Balaban J connectivity index is 2.10. The van der Waals surface area contributed by atoms with Gasteiger partial charge in [0.2, 0.25) is 10.0 Å². The Morgan fingerprint density at radius 2 is 1.95 bits per heavy atom. The molecule has 0 saturated carbocycles. The first kappa shape index (κ1) is 15.2. The minimum absolute atomic E-state index is 0.0249. The molecule has 2 rings (SSSR count). The minimum atomic E-state index is -3.72. The van der Waals surface area contributed by atoms with E-state index in [2.05, 4.69) is 10.5 Å². The van der Waals surface area contributed by atoms with Crippen LogP contribution in [0.3, 0.4) is 0 Å². The van der Waals surface area contributed by atoms with Crippen LogP contribution in [-0.2, 0) is 10.0 Å². The number of rotatable bonds is 4. The van der Waals surface area contributed by atoms with Gasteiger partial charge >= 0.3 is 0 Å². The third kappa shape index (κ3) is 3.67. The highest BCUT2D eigenvalue weighted by atomic mass is 32.2. The van der Waals surface area contributed by atoms with Gasteiger partial charge < -0.3 is 9.84 Å². The number of sulfonamides is 1. The van der Waals surface area contributed by atoms with Gasteiger partial charge in [-0.15, -0.1) is 0 Å². The molecule has 0 radical (unpaired) electrons. The summed E-state index contributed by atoms with van der Waals surface area (Å²) in [5, 5.41) is 11.4. The first-order valence-electron chi connectivity index (χ1n) is 6.14. The average Bonchev–Trinajstić information content (AvgIpc) is 2.84. The van der Waals surface area contributed by atoms with Crippen molar-refractivity contribution in [3.05, 3.63) is 47.3 Å². The van der Waals surface area contributed by atoms with Gasteiger partial charge in [0.25, 0.3) is 5.91 Å². The number of nitrogens with zero attached hydrogens (tertiary/aromatic N) is 1. The van der Waals surface area contributed by atoms with Crippen LogP contribution in [-0.4, -0.2) is 19.5 Å². The highest BCUT2D eigenvalue weighted by Crippen LogP contribution is 2.16. The summed E-state index contributed by atoms with van der Waals surface area (Å²) in [4.78, 5) is 11.9. The van der Waals surface area contributed by atoms with Crippen molar-refractivity contribution >= 4 is 15.9 Å². The molecular formula is C13H15N3O4S. The van der Waals surface area contributed by atoms with E-state index < -0.39 is 10.0 Å². The Morgan fingerprint density at radius 1 is 1.33 bits per heavy atom. The van der Waals surface area contributed by atoms with Gasteiger partial charge in [0.15, 0.2) is 5.69 Å². The van der Waals surface area contributed by atoms with Gasteiger partial charge in [-0.3, -0.25) is 4.79 Å². The summed E-state index contributed by atoms with van der Waals surface area (Å²) >= 11 is 0. The van der Waals surface area contributed by atoms with Crippen LogP contribution in [0.5, 0.6) is 0 Å². The summed E-state index contributed by atoms with van der Waals surface area (Å²) < 4.78 is 27.2. The normalized spacial score (nSPS) is 12.9. The highest BCUT2D eigenvalue weighted by Gasteiger charge is 2.15. The van der Waals surface area contributed by atoms with Gasteiger partial charge in [0.1, 0.15) is 5.76 Å². The predicted octanol–water partition coefficient (Wildman–Crippen LogP) is 1.12. The van der Waals surface area contributed by atoms with Gasteiger partial charge in [-0.1, -0.05) is 17.3 Å². The number of hydrogen-bond acceptors (Lipinski definition) is 5. The molecule has 0 aliphatic heterocycles. The second-order valence-corrected chi connectivity index (χ2v) is 6.19. The molecule has 21 heavy (non-hydrogen) atoms. The number of aryl methyl sites for hydroxylation is 1. The van der Waals surface area contributed by atoms with Gasteiger partial charge in [-0.05, 0) is 31.5 Å². The zero-order valence-electron chi connectivity index (χ0n) is 11.5. The smallest absolute Gasteiger partial charge is 0.273 e. The van der Waals surface area contributed by atoms with Crippen molar-refractivity contribution in [3.63, 3.8) is 0 Å². The second kappa shape index (κ2) is 5.66. The van der Waals surface area contributed by atoms with Crippen LogP contribution in [0.2, 0.25) is 0 Å². The number of nitrogens with two attached hydrogens (primary N) is 1. The number of carbonyl (C=O) groups excluding carboxylic acids is 1. The molecule has 0 saturated heterocycles. The van der Waals surface area contributed by atoms with Gasteiger partial charge in [-0.2, -0.15) is 0 Å². The number of nitrogens with one attached hydrogen (secondary N) is 1. The summed E-state index contributed by atoms with van der Waals surface area (Å²) in [6, 6.07) is 7.20. The minimum Gasteiger partial charge on any atom is -0.361 e. The molecule has 0 bridgehead atoms. The molecule has 2 aromatic rings. The zero-order valence-corrected chi connectivity index (χ0v) is 12.3. The molecule has 1 unspecified atom stereocenters. The fourth-order valence-corrected chi connectivity index (χ4v) is 2.29. The van der Waals surface area contributed by atoms with E-state index in [0.717, 1.165) is 5.56 Å². The number of carbonyl (C=O) groups is 1. The van der Waals surface area contributed by atoms with E-state index in [1.807, 2.05) is 0 Å². The molecule has 0 fully saturated rings. The summed E-state index contributed by atoms with van der Waals surface area (Å²) in [6.07, 6.45) is 0. The molecular weight excluding hydrogens is 294 g/mol. The molecule has 1 atom stereocenters. The standard InChI is InChI=1S/C13H15N3O4S/c1-8-7-12(16-20-8)13(17)15-9(2)10-3-5-11(6-4-10)21(14,18)19/h3-7,9H,1-2H3,(H,15,17)(H2,14,18,19). The molecule has 0 aliphatic rings. The van der Waals surface area contributed by atoms with Crippen molar-refractivity contribution in [1.82, 2.24) is 10.5 Å². The van der Waals surface area contributed by atoms with Crippen molar-refractivity contribution in [3.8, 4) is 0 Å². The Morgan fingerprint density at radius 3 is 2.43 bits per heavy atom. The SMILES string of the molecule is Cc1cc(C(=O)NC(C)c2ccc(S(N)(=O)=O)cc2)no1. The molecule has 0 spiro atoms. The number of benzene rings is 1. The summed E-state index contributed by atoms with van der Waals surface area (Å²) in [6.45, 7) is 3.47. The zero-order chi connectivity index (χ0) is 15.6. The predicted molar refractivity (Wildman–Crippen MR) is 74.9 cm³/mol. The van der Waals surface area contributed by atoms with E-state index in [-0.39, 0.29) is 22.5 Å². The lowest BCUT2D eigenvalue weighted by molar-refractivity contribution is 0.0930. The molecule has 0 aliphatic carbocycles. The third-order valence-corrected chi connectivity index (χ3v) is 3.85. The summed E-state index contributed by atoms with van der Waals surface area (Å²) in [5.41, 5.74) is 0.941. The Bertz CT molecular complexity index is 750. The van der Waals surface area contributed by atoms with E-state index in [0.29, 0.717) is 5.76 Å². The van der Waals surface area contributed by atoms with Crippen LogP contribution in [0.25, 0.3) is 0 Å². The lowest BCUT2D eigenvalue weighted by Crippen LogP contribution is -2.27. The van der Waals surface area contributed by atoms with Crippen LogP contribution in [0.15, 0.2) is 39.8 Å². The van der Waals surface area contributed by atoms with Crippen molar-refractivity contribution < 1.29 is 17.7 Å². The Hall–Kier alpha value is -2.19. The quantitative estimate of drug-likeness (QED) is 0.878. The molecule has 1 amide bonds. The van der Waals surface area contributed by atoms with E-state index >= 15 is 0 Å². The Kier molecular flexibility index (Phi) is 4.10. The maximum Gasteiger partial charge on any atom is 0.273 e. The second-order valence-electron chi connectivity index (χ2n) is 4.63. The van der Waals surface area contributed by atoms with Crippen LogP contribution >= 0.6 is 0 Å². The molecule has 1 heterocycles. The molecule has 8 heteroatoms.